The summed E-state index contributed by atoms with van der Waals surface area (Å²) in [4.78, 5) is 5.29. The highest BCUT2D eigenvalue weighted by atomic mass is 32.1. The minimum atomic E-state index is -0.193. The monoisotopic (exact) mass is 495 g/mol. The van der Waals surface area contributed by atoms with Crippen LogP contribution < -0.4 is 16.0 Å². The lowest BCUT2D eigenvalue weighted by Crippen LogP contribution is -2.42. The van der Waals surface area contributed by atoms with Crippen LogP contribution in [0.5, 0.6) is 0 Å². The normalized spacial score (nSPS) is 26.3. The Balaban J connectivity index is 1.12. The molecule has 182 valence electrons. The van der Waals surface area contributed by atoms with E-state index in [0.717, 1.165) is 54.6 Å². The number of hydrogen-bond acceptors (Lipinski definition) is 6. The first-order valence-corrected chi connectivity index (χ1v) is 13.5. The summed E-state index contributed by atoms with van der Waals surface area (Å²) in [6.45, 7) is 8.17. The number of allylic oxidation sites excluding steroid dienone is 1. The van der Waals surface area contributed by atoms with Gasteiger partial charge in [0, 0.05) is 41.9 Å². The number of hydrogen-bond donors (Lipinski definition) is 1. The predicted octanol–water partition coefficient (Wildman–Crippen LogP) is 2.67. The van der Waals surface area contributed by atoms with Gasteiger partial charge in [0.1, 0.15) is 0 Å². The van der Waals surface area contributed by atoms with Crippen LogP contribution in [0.15, 0.2) is 52.9 Å². The van der Waals surface area contributed by atoms with E-state index in [1.807, 2.05) is 29.3 Å². The van der Waals surface area contributed by atoms with Crippen LogP contribution in [0.1, 0.15) is 29.9 Å². The average molecular weight is 496 g/mol. The molecular formula is C29H29N5OS. The number of aryl methyl sites for hydroxylation is 1. The van der Waals surface area contributed by atoms with Crippen molar-refractivity contribution < 1.29 is 4.74 Å². The summed E-state index contributed by atoms with van der Waals surface area (Å²) < 4.78 is 7.47. The fourth-order valence-corrected chi connectivity index (χ4v) is 7.24. The van der Waals surface area contributed by atoms with E-state index in [1.54, 1.807) is 0 Å². The van der Waals surface area contributed by atoms with Crippen molar-refractivity contribution in [1.82, 2.24) is 20.1 Å². The van der Waals surface area contributed by atoms with Gasteiger partial charge in [0.05, 0.1) is 46.8 Å². The number of benzene rings is 1. The van der Waals surface area contributed by atoms with Crippen molar-refractivity contribution >= 4 is 28.9 Å². The van der Waals surface area contributed by atoms with Crippen LogP contribution in [0.3, 0.4) is 0 Å². The predicted molar refractivity (Wildman–Crippen MR) is 143 cm³/mol. The molecule has 0 bridgehead atoms. The third-order valence-electron chi connectivity index (χ3n) is 8.20. The molecule has 1 saturated heterocycles. The summed E-state index contributed by atoms with van der Waals surface area (Å²) in [6.07, 6.45) is 4.97. The van der Waals surface area contributed by atoms with Gasteiger partial charge >= 0.3 is 0 Å². The van der Waals surface area contributed by atoms with E-state index in [-0.39, 0.29) is 5.54 Å². The number of hydrazone groups is 1. The third kappa shape index (κ3) is 3.40. The number of thiophene rings is 1. The molecule has 7 heteroatoms. The van der Waals surface area contributed by atoms with Crippen molar-refractivity contribution in [2.24, 2.45) is 18.1 Å². The summed E-state index contributed by atoms with van der Waals surface area (Å²) in [5.41, 5.74) is 16.0. The number of aromatic nitrogens is 2. The number of ether oxygens (including phenoxy) is 1. The first-order chi connectivity index (χ1) is 17.5. The summed E-state index contributed by atoms with van der Waals surface area (Å²) in [7, 11) is 1.96. The van der Waals surface area contributed by atoms with Crippen molar-refractivity contribution in [2.45, 2.75) is 38.4 Å². The lowest BCUT2D eigenvalue weighted by Gasteiger charge is -2.33. The largest absolute Gasteiger partial charge is 0.379 e. The molecule has 3 aromatic rings. The van der Waals surface area contributed by atoms with Gasteiger partial charge in [-0.3, -0.25) is 15.0 Å². The molecule has 0 spiro atoms. The smallest absolute Gasteiger partial charge is 0.0868 e. The number of morpholine rings is 1. The molecule has 4 heterocycles. The molecular weight excluding hydrogens is 466 g/mol. The van der Waals surface area contributed by atoms with Crippen LogP contribution in [0, 0.1) is 5.92 Å². The van der Waals surface area contributed by atoms with E-state index in [1.165, 1.54) is 26.4 Å². The molecule has 2 unspecified atom stereocenters. The van der Waals surface area contributed by atoms with Gasteiger partial charge in [-0.2, -0.15) is 10.2 Å². The zero-order chi connectivity index (χ0) is 24.4. The first kappa shape index (κ1) is 22.1. The molecule has 1 aromatic carbocycles. The van der Waals surface area contributed by atoms with Gasteiger partial charge < -0.3 is 4.74 Å². The highest BCUT2D eigenvalue weighted by Crippen LogP contribution is 2.50. The fourth-order valence-electron chi connectivity index (χ4n) is 5.92. The molecule has 0 saturated carbocycles. The summed E-state index contributed by atoms with van der Waals surface area (Å²) in [6, 6.07) is 12.0. The lowest BCUT2D eigenvalue weighted by molar-refractivity contribution is -0.00436. The Bertz CT molecular complexity index is 1600. The minimum Gasteiger partial charge on any atom is -0.379 e. The van der Waals surface area contributed by atoms with Gasteiger partial charge in [-0.25, -0.2) is 0 Å². The van der Waals surface area contributed by atoms with Crippen molar-refractivity contribution in [3.63, 3.8) is 0 Å². The maximum absolute atomic E-state index is 5.58. The SMILES string of the molecule is C[C@H]1COCCN1Cc1ccc(-c2cc3c(s2)CC2C(C4=C=C=c5cnn(C)c5=C4)=NNC32C)cc1. The molecule has 36 heavy (non-hydrogen) atoms. The van der Waals surface area contributed by atoms with E-state index in [2.05, 4.69) is 77.1 Å². The topological polar surface area (TPSA) is 54.7 Å². The number of nitrogens with zero attached hydrogens (tertiary/aromatic N) is 4. The van der Waals surface area contributed by atoms with Crippen LogP contribution in [-0.4, -0.2) is 46.2 Å². The maximum Gasteiger partial charge on any atom is 0.0868 e. The molecule has 2 aliphatic carbocycles. The minimum absolute atomic E-state index is 0.193. The summed E-state index contributed by atoms with van der Waals surface area (Å²) >= 11 is 1.92. The van der Waals surface area contributed by atoms with Crippen molar-refractivity contribution in [3.8, 4) is 10.4 Å². The van der Waals surface area contributed by atoms with Crippen LogP contribution in [0.4, 0.5) is 0 Å². The molecule has 0 radical (unpaired) electrons. The first-order valence-electron chi connectivity index (χ1n) is 12.6. The van der Waals surface area contributed by atoms with E-state index in [4.69, 9.17) is 9.84 Å². The molecule has 3 atom stereocenters. The molecule has 6 nitrogen and oxygen atoms in total. The van der Waals surface area contributed by atoms with Crippen LogP contribution >= 0.6 is 11.3 Å². The molecule has 2 aromatic heterocycles. The second-order valence-corrected chi connectivity index (χ2v) is 11.6. The zero-order valence-corrected chi connectivity index (χ0v) is 21.7. The Kier molecular flexibility index (Phi) is 5.00. The standard InChI is InChI=1S/C29H29N5OS/c1-18-17-35-11-10-34(18)16-19-4-6-20(7-5-19)26-13-23-27(36-26)14-24-28(31-32-29(23,24)2)21-8-9-22-15-30-33(3)25(22)12-21/h4-7,12-13,15,18,24,32H,10-11,14,16-17H2,1-3H3/t18-,24?,29?/m0/s1. The van der Waals surface area contributed by atoms with Gasteiger partial charge in [-0.1, -0.05) is 35.7 Å². The highest BCUT2D eigenvalue weighted by molar-refractivity contribution is 7.15. The Morgan fingerprint density at radius 3 is 2.94 bits per heavy atom. The lowest BCUT2D eigenvalue weighted by atomic mass is 9.82. The Morgan fingerprint density at radius 2 is 2.11 bits per heavy atom. The van der Waals surface area contributed by atoms with E-state index < -0.39 is 0 Å². The van der Waals surface area contributed by atoms with Gasteiger partial charge in [0.2, 0.25) is 0 Å². The number of fused-ring (bicyclic) bond motifs is 4. The summed E-state index contributed by atoms with van der Waals surface area (Å²) in [5, 5.41) is 11.2. The second kappa shape index (κ2) is 8.17. The number of nitrogens with one attached hydrogen (secondary N) is 1. The zero-order valence-electron chi connectivity index (χ0n) is 20.8. The quantitative estimate of drug-likeness (QED) is 0.566. The average Bonchev–Trinajstić information content (AvgIpc) is 3.62. The van der Waals surface area contributed by atoms with E-state index >= 15 is 0 Å². The van der Waals surface area contributed by atoms with Gasteiger partial charge in [-0.05, 0) is 49.1 Å². The van der Waals surface area contributed by atoms with E-state index in [9.17, 15) is 0 Å². The van der Waals surface area contributed by atoms with Gasteiger partial charge in [-0.15, -0.1) is 11.3 Å². The van der Waals surface area contributed by atoms with E-state index in [0.29, 0.717) is 12.0 Å². The van der Waals surface area contributed by atoms with Crippen LogP contribution in [0.2, 0.25) is 0 Å². The Morgan fingerprint density at radius 1 is 1.25 bits per heavy atom. The second-order valence-electron chi connectivity index (χ2n) is 10.5. The van der Waals surface area contributed by atoms with Crippen molar-refractivity contribution in [3.05, 3.63) is 74.4 Å². The van der Waals surface area contributed by atoms with Crippen LogP contribution in [-0.2, 0) is 30.3 Å². The molecule has 2 aliphatic heterocycles. The molecule has 0 amide bonds. The molecule has 4 aliphatic rings. The van der Waals surface area contributed by atoms with Gasteiger partial charge in [0.25, 0.3) is 0 Å². The van der Waals surface area contributed by atoms with Gasteiger partial charge in [0.15, 0.2) is 0 Å². The summed E-state index contributed by atoms with van der Waals surface area (Å²) in [5.74, 6) is 0.293. The fraction of sp³-hybridized carbons (Fsp3) is 0.379. The highest BCUT2D eigenvalue weighted by Gasteiger charge is 2.51. The Hall–Kier alpha value is -3.18. The molecule has 7 rings (SSSR count). The molecule has 1 fully saturated rings. The Labute approximate surface area is 214 Å². The van der Waals surface area contributed by atoms with Crippen LogP contribution in [0.25, 0.3) is 22.2 Å². The maximum atomic E-state index is 5.58. The number of rotatable bonds is 4. The van der Waals surface area contributed by atoms with Crippen molar-refractivity contribution in [2.75, 3.05) is 19.8 Å². The third-order valence-corrected chi connectivity index (χ3v) is 9.40. The molecule has 1 N–H and O–H groups in total. The van der Waals surface area contributed by atoms with Crippen molar-refractivity contribution in [1.29, 1.82) is 0 Å².